The van der Waals surface area contributed by atoms with Crippen LogP contribution in [-0.2, 0) is 4.74 Å². The van der Waals surface area contributed by atoms with Crippen LogP contribution in [0.2, 0.25) is 0 Å². The third-order valence-electron chi connectivity index (χ3n) is 4.40. The Morgan fingerprint density at radius 3 is 2.00 bits per heavy atom. The van der Waals surface area contributed by atoms with Gasteiger partial charge in [-0.25, -0.2) is 0 Å². The lowest BCUT2D eigenvalue weighted by Crippen LogP contribution is -2.41. The van der Waals surface area contributed by atoms with Crippen molar-refractivity contribution in [3.05, 3.63) is 0 Å². The number of rotatable bonds is 4. The van der Waals surface area contributed by atoms with Crippen LogP contribution in [-0.4, -0.2) is 24.8 Å². The standard InChI is InChI=1S/C15H29NO/c1-2-17-15-11-9-14(10-12-15)16-13-7-5-3-4-6-8-13/h13-16H,2-12H2,1H3/t14-,15-. The summed E-state index contributed by atoms with van der Waals surface area (Å²) in [6.45, 7) is 2.99. The van der Waals surface area contributed by atoms with Gasteiger partial charge in [0.05, 0.1) is 6.10 Å². The van der Waals surface area contributed by atoms with E-state index in [9.17, 15) is 0 Å². The Labute approximate surface area is 107 Å². The van der Waals surface area contributed by atoms with Crippen molar-refractivity contribution in [1.82, 2.24) is 5.32 Å². The Morgan fingerprint density at radius 1 is 0.824 bits per heavy atom. The molecule has 0 unspecified atom stereocenters. The third-order valence-corrected chi connectivity index (χ3v) is 4.40. The van der Waals surface area contributed by atoms with Gasteiger partial charge < -0.3 is 10.1 Å². The Hall–Kier alpha value is -0.0800. The van der Waals surface area contributed by atoms with E-state index >= 15 is 0 Å². The van der Waals surface area contributed by atoms with E-state index in [1.54, 1.807) is 0 Å². The maximum absolute atomic E-state index is 5.71. The lowest BCUT2D eigenvalue weighted by atomic mass is 9.92. The number of hydrogen-bond donors (Lipinski definition) is 1. The van der Waals surface area contributed by atoms with Crippen LogP contribution in [0.4, 0.5) is 0 Å². The highest BCUT2D eigenvalue weighted by Crippen LogP contribution is 2.24. The van der Waals surface area contributed by atoms with E-state index in [1.165, 1.54) is 64.2 Å². The molecular formula is C15H29NO. The van der Waals surface area contributed by atoms with E-state index in [-0.39, 0.29) is 0 Å². The van der Waals surface area contributed by atoms with Crippen LogP contribution in [0.15, 0.2) is 0 Å². The van der Waals surface area contributed by atoms with Gasteiger partial charge in [0.1, 0.15) is 0 Å². The van der Waals surface area contributed by atoms with Crippen molar-refractivity contribution in [2.45, 2.75) is 89.3 Å². The van der Waals surface area contributed by atoms with Gasteiger partial charge in [-0.3, -0.25) is 0 Å². The molecule has 0 saturated heterocycles. The van der Waals surface area contributed by atoms with Gasteiger partial charge >= 0.3 is 0 Å². The van der Waals surface area contributed by atoms with Crippen LogP contribution in [0.5, 0.6) is 0 Å². The predicted octanol–water partition coefficient (Wildman–Crippen LogP) is 3.65. The Kier molecular flexibility index (Phi) is 5.79. The van der Waals surface area contributed by atoms with E-state index < -0.39 is 0 Å². The summed E-state index contributed by atoms with van der Waals surface area (Å²) >= 11 is 0. The van der Waals surface area contributed by atoms with Gasteiger partial charge in [0, 0.05) is 18.7 Å². The summed E-state index contributed by atoms with van der Waals surface area (Å²) in [6, 6.07) is 1.58. The minimum Gasteiger partial charge on any atom is -0.379 e. The molecule has 0 aromatic carbocycles. The molecule has 0 radical (unpaired) electrons. The molecule has 0 aliphatic heterocycles. The second-order valence-corrected chi connectivity index (χ2v) is 5.78. The van der Waals surface area contributed by atoms with Crippen LogP contribution >= 0.6 is 0 Å². The first-order valence-electron chi connectivity index (χ1n) is 7.76. The predicted molar refractivity (Wildman–Crippen MR) is 72.3 cm³/mol. The van der Waals surface area contributed by atoms with Crippen molar-refractivity contribution in [2.75, 3.05) is 6.61 Å². The summed E-state index contributed by atoms with van der Waals surface area (Å²) in [4.78, 5) is 0. The first kappa shape index (κ1) is 13.4. The molecule has 17 heavy (non-hydrogen) atoms. The summed E-state index contributed by atoms with van der Waals surface area (Å²) in [5, 5.41) is 3.90. The molecule has 0 spiro atoms. The molecule has 2 aliphatic carbocycles. The van der Waals surface area contributed by atoms with E-state index in [0.29, 0.717) is 6.10 Å². The van der Waals surface area contributed by atoms with Crippen LogP contribution < -0.4 is 5.32 Å². The highest BCUT2D eigenvalue weighted by Gasteiger charge is 2.23. The zero-order valence-corrected chi connectivity index (χ0v) is 11.4. The van der Waals surface area contributed by atoms with Crippen molar-refractivity contribution < 1.29 is 4.74 Å². The monoisotopic (exact) mass is 239 g/mol. The van der Waals surface area contributed by atoms with Gasteiger partial charge in [0.2, 0.25) is 0 Å². The summed E-state index contributed by atoms with van der Waals surface area (Å²) in [7, 11) is 0. The first-order chi connectivity index (χ1) is 8.38. The highest BCUT2D eigenvalue weighted by molar-refractivity contribution is 4.81. The molecule has 2 nitrogen and oxygen atoms in total. The fourth-order valence-electron chi connectivity index (χ4n) is 3.41. The lowest BCUT2D eigenvalue weighted by Gasteiger charge is -2.31. The largest absolute Gasteiger partial charge is 0.379 e. The summed E-state index contributed by atoms with van der Waals surface area (Å²) in [5.41, 5.74) is 0. The third kappa shape index (κ3) is 4.59. The Bertz CT molecular complexity index is 191. The normalized spacial score (nSPS) is 32.3. The number of nitrogens with one attached hydrogen (secondary N) is 1. The number of ether oxygens (including phenoxy) is 1. The molecule has 1 N–H and O–H groups in total. The quantitative estimate of drug-likeness (QED) is 0.756. The maximum Gasteiger partial charge on any atom is 0.0576 e. The molecule has 0 aromatic heterocycles. The molecule has 0 atom stereocenters. The zero-order chi connectivity index (χ0) is 11.9. The van der Waals surface area contributed by atoms with Crippen LogP contribution in [0, 0.1) is 0 Å². The van der Waals surface area contributed by atoms with Crippen molar-refractivity contribution in [3.8, 4) is 0 Å². The first-order valence-corrected chi connectivity index (χ1v) is 7.76. The molecule has 0 amide bonds. The molecule has 0 heterocycles. The topological polar surface area (TPSA) is 21.3 Å². The molecule has 2 aliphatic rings. The zero-order valence-electron chi connectivity index (χ0n) is 11.4. The van der Waals surface area contributed by atoms with Crippen LogP contribution in [0.3, 0.4) is 0 Å². The number of hydrogen-bond acceptors (Lipinski definition) is 2. The fraction of sp³-hybridized carbons (Fsp3) is 1.00. The fourth-order valence-corrected chi connectivity index (χ4v) is 3.41. The van der Waals surface area contributed by atoms with Gasteiger partial charge in [-0.15, -0.1) is 0 Å². The maximum atomic E-state index is 5.71. The molecule has 0 bridgehead atoms. The molecule has 0 aromatic rings. The molecular weight excluding hydrogens is 210 g/mol. The van der Waals surface area contributed by atoms with E-state index in [0.717, 1.165) is 18.7 Å². The summed E-state index contributed by atoms with van der Waals surface area (Å²) < 4.78 is 5.71. The van der Waals surface area contributed by atoms with Crippen LogP contribution in [0.1, 0.15) is 71.1 Å². The summed E-state index contributed by atoms with van der Waals surface area (Å²) in [5.74, 6) is 0. The minimum absolute atomic E-state index is 0.548. The second-order valence-electron chi connectivity index (χ2n) is 5.78. The van der Waals surface area contributed by atoms with Gasteiger partial charge in [0.25, 0.3) is 0 Å². The SMILES string of the molecule is CCO[C@H]1CC[C@H](NC2CCCCCC2)CC1. The van der Waals surface area contributed by atoms with Crippen LogP contribution in [0.25, 0.3) is 0 Å². The Morgan fingerprint density at radius 2 is 1.41 bits per heavy atom. The second kappa shape index (κ2) is 7.38. The van der Waals surface area contributed by atoms with Crippen molar-refractivity contribution in [3.63, 3.8) is 0 Å². The van der Waals surface area contributed by atoms with Crippen molar-refractivity contribution >= 4 is 0 Å². The molecule has 2 rings (SSSR count). The molecule has 2 saturated carbocycles. The van der Waals surface area contributed by atoms with Gasteiger partial charge in [-0.1, -0.05) is 25.7 Å². The molecule has 100 valence electrons. The average molecular weight is 239 g/mol. The smallest absolute Gasteiger partial charge is 0.0576 e. The Balaban J connectivity index is 1.66. The molecule has 2 fully saturated rings. The van der Waals surface area contributed by atoms with E-state index in [2.05, 4.69) is 12.2 Å². The van der Waals surface area contributed by atoms with Gasteiger partial charge in [-0.05, 0) is 45.4 Å². The molecule has 2 heteroatoms. The van der Waals surface area contributed by atoms with Gasteiger partial charge in [0.15, 0.2) is 0 Å². The lowest BCUT2D eigenvalue weighted by molar-refractivity contribution is 0.0292. The summed E-state index contributed by atoms with van der Waals surface area (Å²) in [6.07, 6.45) is 14.3. The van der Waals surface area contributed by atoms with Crippen molar-refractivity contribution in [2.24, 2.45) is 0 Å². The van der Waals surface area contributed by atoms with Crippen molar-refractivity contribution in [1.29, 1.82) is 0 Å². The van der Waals surface area contributed by atoms with Gasteiger partial charge in [-0.2, -0.15) is 0 Å². The highest BCUT2D eigenvalue weighted by atomic mass is 16.5. The van der Waals surface area contributed by atoms with E-state index in [4.69, 9.17) is 4.74 Å². The minimum atomic E-state index is 0.548. The van der Waals surface area contributed by atoms with E-state index in [1.807, 2.05) is 0 Å². The average Bonchev–Trinajstić information content (AvgIpc) is 2.61.